The second-order valence-corrected chi connectivity index (χ2v) is 11.3. The molecule has 0 unspecified atom stereocenters. The lowest BCUT2D eigenvalue weighted by Crippen LogP contribution is -2.47. The zero-order valence-electron chi connectivity index (χ0n) is 21.8. The molecule has 0 bridgehead atoms. The third-order valence-electron chi connectivity index (χ3n) is 5.34. The summed E-state index contributed by atoms with van der Waals surface area (Å²) in [6.07, 6.45) is 3.67. The molecule has 0 aliphatic carbocycles. The summed E-state index contributed by atoms with van der Waals surface area (Å²) in [7, 11) is -2.75. The molecule has 0 aliphatic rings. The summed E-state index contributed by atoms with van der Waals surface area (Å²) >= 11 is 0. The van der Waals surface area contributed by atoms with E-state index in [1.807, 2.05) is 42.5 Å². The fourth-order valence-electron chi connectivity index (χ4n) is 3.55. The number of anilines is 3. The fraction of sp³-hybridized carbons (Fsp3) is 0.464. The Kier molecular flexibility index (Phi) is 12.8. The maximum absolute atomic E-state index is 12.0. The zero-order chi connectivity index (χ0) is 25.5. The van der Waals surface area contributed by atoms with E-state index in [4.69, 9.17) is 13.3 Å². The van der Waals surface area contributed by atoms with Crippen LogP contribution in [0.3, 0.4) is 0 Å². The molecule has 2 aromatic rings. The standard InChI is InChI=1S/C28H42N2O4Si/c1-6-20-32-35(33-21-7-2,34-22-8-3)23-12-19-30(26-13-10-9-11-14-26)27-17-15-25(16-18-27)29-28(31)24(4)5/h9-11,13-18H,4,6-8,12,19-23H2,1-3,5H3,(H,29,31). The molecule has 0 saturated heterocycles. The van der Waals surface area contributed by atoms with Gasteiger partial charge in [0.2, 0.25) is 0 Å². The number of nitrogens with one attached hydrogen (secondary N) is 1. The minimum Gasteiger partial charge on any atom is -0.373 e. The van der Waals surface area contributed by atoms with Crippen LogP contribution in [0.15, 0.2) is 66.7 Å². The van der Waals surface area contributed by atoms with Gasteiger partial charge in [-0.3, -0.25) is 4.79 Å². The van der Waals surface area contributed by atoms with Crippen molar-refractivity contribution in [3.8, 4) is 0 Å². The molecule has 2 aromatic carbocycles. The summed E-state index contributed by atoms with van der Waals surface area (Å²) in [5.41, 5.74) is 3.38. The van der Waals surface area contributed by atoms with Crippen LogP contribution in [0.1, 0.15) is 53.4 Å². The second-order valence-electron chi connectivity index (χ2n) is 8.60. The van der Waals surface area contributed by atoms with Gasteiger partial charge in [-0.15, -0.1) is 0 Å². The Balaban J connectivity index is 2.19. The summed E-state index contributed by atoms with van der Waals surface area (Å²) in [5.74, 6) is -0.176. The van der Waals surface area contributed by atoms with E-state index in [1.165, 1.54) is 0 Å². The first kappa shape index (κ1) is 28.8. The van der Waals surface area contributed by atoms with Crippen molar-refractivity contribution < 1.29 is 18.1 Å². The molecule has 0 fully saturated rings. The fourth-order valence-corrected chi connectivity index (χ4v) is 6.37. The average Bonchev–Trinajstić information content (AvgIpc) is 2.88. The van der Waals surface area contributed by atoms with Gasteiger partial charge < -0.3 is 23.5 Å². The maximum Gasteiger partial charge on any atom is 0.501 e. The largest absolute Gasteiger partial charge is 0.501 e. The van der Waals surface area contributed by atoms with Gasteiger partial charge in [0.15, 0.2) is 0 Å². The van der Waals surface area contributed by atoms with E-state index in [0.29, 0.717) is 25.4 Å². The van der Waals surface area contributed by atoms with Crippen LogP contribution in [-0.2, 0) is 18.1 Å². The van der Waals surface area contributed by atoms with E-state index >= 15 is 0 Å². The number of benzene rings is 2. The number of nitrogens with zero attached hydrogens (tertiary/aromatic N) is 1. The van der Waals surface area contributed by atoms with Gasteiger partial charge in [-0.05, 0) is 69.0 Å². The third kappa shape index (κ3) is 9.61. The predicted molar refractivity (Wildman–Crippen MR) is 147 cm³/mol. The van der Waals surface area contributed by atoms with E-state index in [1.54, 1.807) is 6.92 Å². The van der Waals surface area contributed by atoms with Gasteiger partial charge in [0.1, 0.15) is 0 Å². The average molecular weight is 499 g/mol. The normalized spacial score (nSPS) is 11.3. The maximum atomic E-state index is 12.0. The molecule has 0 radical (unpaired) electrons. The monoisotopic (exact) mass is 498 g/mol. The van der Waals surface area contributed by atoms with Gasteiger partial charge in [-0.1, -0.05) is 45.5 Å². The van der Waals surface area contributed by atoms with Gasteiger partial charge in [0, 0.05) is 55.0 Å². The molecule has 192 valence electrons. The first-order chi connectivity index (χ1) is 16.9. The lowest BCUT2D eigenvalue weighted by molar-refractivity contribution is -0.112. The lowest BCUT2D eigenvalue weighted by atomic mass is 10.2. The molecule has 7 heteroatoms. The number of para-hydroxylation sites is 1. The number of carbonyl (C=O) groups excluding carboxylic acids is 1. The highest BCUT2D eigenvalue weighted by molar-refractivity contribution is 6.60. The summed E-state index contributed by atoms with van der Waals surface area (Å²) < 4.78 is 18.8. The van der Waals surface area contributed by atoms with Crippen molar-refractivity contribution in [2.24, 2.45) is 0 Å². The lowest BCUT2D eigenvalue weighted by Gasteiger charge is -2.31. The minimum absolute atomic E-state index is 0.176. The first-order valence-corrected chi connectivity index (χ1v) is 14.7. The number of amides is 1. The Hall–Kier alpha value is -2.45. The molecule has 0 aromatic heterocycles. The molecule has 1 amide bonds. The van der Waals surface area contributed by atoms with Gasteiger partial charge in [0.05, 0.1) is 0 Å². The van der Waals surface area contributed by atoms with Gasteiger partial charge in [0.25, 0.3) is 5.91 Å². The first-order valence-electron chi connectivity index (χ1n) is 12.8. The highest BCUT2D eigenvalue weighted by Crippen LogP contribution is 2.28. The quantitative estimate of drug-likeness (QED) is 0.189. The van der Waals surface area contributed by atoms with E-state index < -0.39 is 8.80 Å². The molecule has 2 rings (SSSR count). The molecule has 35 heavy (non-hydrogen) atoms. The highest BCUT2D eigenvalue weighted by atomic mass is 28.4. The van der Waals surface area contributed by atoms with Crippen molar-refractivity contribution >= 4 is 31.8 Å². The summed E-state index contributed by atoms with van der Waals surface area (Å²) in [4.78, 5) is 14.2. The topological polar surface area (TPSA) is 60.0 Å². The Labute approximate surface area is 212 Å². The zero-order valence-corrected chi connectivity index (χ0v) is 22.8. The third-order valence-corrected chi connectivity index (χ3v) is 8.23. The van der Waals surface area contributed by atoms with Crippen LogP contribution < -0.4 is 10.2 Å². The summed E-state index contributed by atoms with van der Waals surface area (Å²) in [5, 5.41) is 2.87. The van der Waals surface area contributed by atoms with Crippen molar-refractivity contribution in [1.29, 1.82) is 0 Å². The number of carbonyl (C=O) groups is 1. The number of rotatable bonds is 17. The second kappa shape index (κ2) is 15.5. The van der Waals surface area contributed by atoms with Crippen molar-refractivity contribution in [1.82, 2.24) is 0 Å². The van der Waals surface area contributed by atoms with Crippen LogP contribution in [-0.4, -0.2) is 41.1 Å². The van der Waals surface area contributed by atoms with Crippen molar-refractivity contribution in [3.63, 3.8) is 0 Å². The molecule has 6 nitrogen and oxygen atoms in total. The SMILES string of the molecule is C=C(C)C(=O)Nc1ccc(N(CCC[Si](OCCC)(OCCC)OCCC)c2ccccc2)cc1. The summed E-state index contributed by atoms with van der Waals surface area (Å²) in [6.45, 7) is 14.5. The highest BCUT2D eigenvalue weighted by Gasteiger charge is 2.40. The van der Waals surface area contributed by atoms with Crippen LogP contribution in [0.25, 0.3) is 0 Å². The molecule has 1 N–H and O–H groups in total. The van der Waals surface area contributed by atoms with E-state index in [9.17, 15) is 4.79 Å². The Bertz CT molecular complexity index is 868. The molecular weight excluding hydrogens is 456 g/mol. The van der Waals surface area contributed by atoms with Gasteiger partial charge in [-0.2, -0.15) is 0 Å². The van der Waals surface area contributed by atoms with E-state index in [-0.39, 0.29) is 5.91 Å². The van der Waals surface area contributed by atoms with Crippen molar-refractivity contribution in [3.05, 3.63) is 66.7 Å². The van der Waals surface area contributed by atoms with Crippen LogP contribution in [0.4, 0.5) is 17.1 Å². The molecule has 0 spiro atoms. The smallest absolute Gasteiger partial charge is 0.373 e. The molecule has 0 heterocycles. The Morgan fingerprint density at radius 3 is 1.86 bits per heavy atom. The van der Waals surface area contributed by atoms with E-state index in [0.717, 1.165) is 55.3 Å². The molecular formula is C28H42N2O4Si. The number of hydrogen-bond acceptors (Lipinski definition) is 5. The predicted octanol–water partition coefficient (Wildman–Crippen LogP) is 6.95. The summed E-state index contributed by atoms with van der Waals surface area (Å²) in [6, 6.07) is 19.0. The van der Waals surface area contributed by atoms with Crippen LogP contribution in [0, 0.1) is 0 Å². The van der Waals surface area contributed by atoms with Gasteiger partial charge in [-0.25, -0.2) is 0 Å². The van der Waals surface area contributed by atoms with Crippen LogP contribution in [0.5, 0.6) is 0 Å². The number of hydrogen-bond donors (Lipinski definition) is 1. The molecule has 0 atom stereocenters. The van der Waals surface area contributed by atoms with Crippen molar-refractivity contribution in [2.45, 2.75) is 59.4 Å². The van der Waals surface area contributed by atoms with Crippen LogP contribution >= 0.6 is 0 Å². The van der Waals surface area contributed by atoms with Crippen LogP contribution in [0.2, 0.25) is 6.04 Å². The van der Waals surface area contributed by atoms with Gasteiger partial charge >= 0.3 is 8.80 Å². The Morgan fingerprint density at radius 2 is 1.37 bits per heavy atom. The molecule has 0 saturated carbocycles. The van der Waals surface area contributed by atoms with E-state index in [2.05, 4.69) is 49.7 Å². The van der Waals surface area contributed by atoms with Crippen molar-refractivity contribution in [2.75, 3.05) is 36.6 Å². The minimum atomic E-state index is -2.75. The molecule has 0 aliphatic heterocycles. The Morgan fingerprint density at radius 1 is 0.857 bits per heavy atom.